The largest absolute Gasteiger partial charge is 0.380 e. The Bertz CT molecular complexity index is 900. The van der Waals surface area contributed by atoms with Gasteiger partial charge >= 0.3 is 0 Å². The summed E-state index contributed by atoms with van der Waals surface area (Å²) >= 11 is 0. The van der Waals surface area contributed by atoms with Gasteiger partial charge in [0.2, 0.25) is 0 Å². The number of benzene rings is 1. The lowest BCUT2D eigenvalue weighted by atomic mass is 10.0. The lowest BCUT2D eigenvalue weighted by Crippen LogP contribution is -2.47. The highest BCUT2D eigenvalue weighted by Crippen LogP contribution is 2.17. The number of nitrogens with zero attached hydrogens (tertiary/aromatic N) is 3. The smallest absolute Gasteiger partial charge is 0.251 e. The molecule has 0 atom stereocenters. The number of carbonyl (C=O) groups excluding carboxylic acids is 1. The Kier molecular flexibility index (Phi) is 10.4. The van der Waals surface area contributed by atoms with Gasteiger partial charge in [0.15, 0.2) is 0 Å². The van der Waals surface area contributed by atoms with Crippen LogP contribution in [-0.4, -0.2) is 67.4 Å². The third-order valence-electron chi connectivity index (χ3n) is 5.81. The van der Waals surface area contributed by atoms with Crippen molar-refractivity contribution in [2.45, 2.75) is 26.8 Å². The molecule has 1 aromatic carbocycles. The average Bonchev–Trinajstić information content (AvgIpc) is 2.78. The third kappa shape index (κ3) is 9.24. The molecule has 1 N–H and O–H groups in total. The Morgan fingerprint density at radius 3 is 2.18 bits per heavy atom. The Morgan fingerprint density at radius 2 is 1.64 bits per heavy atom. The van der Waals surface area contributed by atoms with Crippen molar-refractivity contribution in [3.8, 4) is 0 Å². The van der Waals surface area contributed by atoms with E-state index in [1.165, 1.54) is 5.56 Å². The molecule has 178 valence electrons. The van der Waals surface area contributed by atoms with Gasteiger partial charge < -0.3 is 10.2 Å². The molecule has 0 unspecified atom stereocenters. The first-order valence-corrected chi connectivity index (χ1v) is 11.5. The van der Waals surface area contributed by atoms with Gasteiger partial charge in [0.1, 0.15) is 0 Å². The molecule has 1 aromatic rings. The van der Waals surface area contributed by atoms with Crippen LogP contribution in [0.1, 0.15) is 25.8 Å². The Labute approximate surface area is 200 Å². The SMILES string of the molecule is C=C(C)/C=C\C(=C/C)CC(=C)C(=O)Nc1ccc(CN2CCN(CC(=C)N(C)C)CC2)cc1. The van der Waals surface area contributed by atoms with E-state index in [4.69, 9.17) is 0 Å². The van der Waals surface area contributed by atoms with Crippen molar-refractivity contribution >= 4 is 11.6 Å². The maximum Gasteiger partial charge on any atom is 0.251 e. The molecule has 1 heterocycles. The van der Waals surface area contributed by atoms with E-state index < -0.39 is 0 Å². The molecule has 1 fully saturated rings. The van der Waals surface area contributed by atoms with E-state index in [1.807, 2.05) is 58.3 Å². The maximum absolute atomic E-state index is 12.6. The van der Waals surface area contributed by atoms with E-state index >= 15 is 0 Å². The second kappa shape index (κ2) is 13.0. The summed E-state index contributed by atoms with van der Waals surface area (Å²) < 4.78 is 0. The second-order valence-corrected chi connectivity index (χ2v) is 8.99. The minimum Gasteiger partial charge on any atom is -0.380 e. The number of anilines is 1. The highest BCUT2D eigenvalue weighted by Gasteiger charge is 2.18. The molecule has 5 nitrogen and oxygen atoms in total. The van der Waals surface area contributed by atoms with E-state index in [0.717, 1.165) is 61.8 Å². The summed E-state index contributed by atoms with van der Waals surface area (Å²) in [6, 6.07) is 8.11. The predicted molar refractivity (Wildman–Crippen MR) is 141 cm³/mol. The van der Waals surface area contributed by atoms with Gasteiger partial charge in [-0.3, -0.25) is 14.6 Å². The summed E-state index contributed by atoms with van der Waals surface area (Å²) in [5.74, 6) is -0.152. The molecule has 0 aliphatic carbocycles. The van der Waals surface area contributed by atoms with Crippen molar-refractivity contribution in [1.82, 2.24) is 14.7 Å². The Balaban J connectivity index is 1.81. The summed E-state index contributed by atoms with van der Waals surface area (Å²) in [6.07, 6.45) is 6.43. The number of rotatable bonds is 11. The van der Waals surface area contributed by atoms with Gasteiger partial charge in [0.05, 0.1) is 0 Å². The molecule has 1 aliphatic rings. The van der Waals surface area contributed by atoms with E-state index in [9.17, 15) is 4.79 Å². The van der Waals surface area contributed by atoms with Gasteiger partial charge in [0.25, 0.3) is 5.91 Å². The number of hydrogen-bond acceptors (Lipinski definition) is 4. The maximum atomic E-state index is 12.6. The molecule has 1 amide bonds. The number of amides is 1. The summed E-state index contributed by atoms with van der Waals surface area (Å²) in [7, 11) is 4.09. The van der Waals surface area contributed by atoms with Crippen LogP contribution in [0, 0.1) is 0 Å². The van der Waals surface area contributed by atoms with Crippen molar-refractivity contribution < 1.29 is 4.79 Å². The topological polar surface area (TPSA) is 38.8 Å². The van der Waals surface area contributed by atoms with Crippen LogP contribution in [-0.2, 0) is 11.3 Å². The molecule has 0 bridgehead atoms. The number of allylic oxidation sites excluding steroid dienone is 5. The van der Waals surface area contributed by atoms with Gasteiger partial charge in [0, 0.05) is 76.7 Å². The molecule has 1 aliphatic heterocycles. The van der Waals surface area contributed by atoms with Gasteiger partial charge in [-0.05, 0) is 37.1 Å². The zero-order valence-electron chi connectivity index (χ0n) is 20.9. The molecule has 0 spiro atoms. The van der Waals surface area contributed by atoms with Crippen LogP contribution in [0.5, 0.6) is 0 Å². The number of hydrogen-bond donors (Lipinski definition) is 1. The van der Waals surface area contributed by atoms with E-state index in [0.29, 0.717) is 12.0 Å². The zero-order valence-corrected chi connectivity index (χ0v) is 20.9. The fourth-order valence-corrected chi connectivity index (χ4v) is 3.51. The molecule has 33 heavy (non-hydrogen) atoms. The van der Waals surface area contributed by atoms with Gasteiger partial charge in [-0.15, -0.1) is 0 Å². The minimum absolute atomic E-state index is 0.152. The molecule has 0 radical (unpaired) electrons. The van der Waals surface area contributed by atoms with E-state index in [-0.39, 0.29) is 5.91 Å². The number of nitrogens with one attached hydrogen (secondary N) is 1. The van der Waals surface area contributed by atoms with Crippen molar-refractivity contribution in [3.05, 3.63) is 90.2 Å². The van der Waals surface area contributed by atoms with Gasteiger partial charge in [-0.2, -0.15) is 0 Å². The first-order valence-electron chi connectivity index (χ1n) is 11.5. The van der Waals surface area contributed by atoms with Crippen molar-refractivity contribution in [2.24, 2.45) is 0 Å². The molecular weight excluding hydrogens is 408 g/mol. The van der Waals surface area contributed by atoms with Crippen LogP contribution < -0.4 is 5.32 Å². The van der Waals surface area contributed by atoms with Gasteiger partial charge in [-0.1, -0.05) is 55.7 Å². The lowest BCUT2D eigenvalue weighted by molar-refractivity contribution is -0.112. The van der Waals surface area contributed by atoms with Crippen molar-refractivity contribution in [2.75, 3.05) is 52.1 Å². The lowest BCUT2D eigenvalue weighted by Gasteiger charge is -2.35. The zero-order chi connectivity index (χ0) is 24.4. The van der Waals surface area contributed by atoms with Crippen molar-refractivity contribution in [1.29, 1.82) is 0 Å². The Morgan fingerprint density at radius 1 is 1.03 bits per heavy atom. The fraction of sp³-hybridized carbons (Fsp3) is 0.393. The van der Waals surface area contributed by atoms with E-state index in [1.54, 1.807) is 0 Å². The highest BCUT2D eigenvalue weighted by atomic mass is 16.1. The van der Waals surface area contributed by atoms with Crippen LogP contribution >= 0.6 is 0 Å². The number of likely N-dealkylation sites (N-methyl/N-ethyl adjacent to an activating group) is 1. The molecule has 2 rings (SSSR count). The molecule has 0 saturated carbocycles. The highest BCUT2D eigenvalue weighted by molar-refractivity contribution is 6.03. The van der Waals surface area contributed by atoms with Crippen LogP contribution in [0.2, 0.25) is 0 Å². The Hall–Kier alpha value is -2.89. The van der Waals surface area contributed by atoms with Crippen molar-refractivity contribution in [3.63, 3.8) is 0 Å². The van der Waals surface area contributed by atoms with Crippen LogP contribution in [0.15, 0.2) is 84.6 Å². The first-order chi connectivity index (χ1) is 15.7. The van der Waals surface area contributed by atoms with Crippen LogP contribution in [0.25, 0.3) is 0 Å². The molecule has 1 saturated heterocycles. The molecular formula is C28H40N4O. The number of carbonyl (C=O) groups is 1. The number of piperazine rings is 1. The summed E-state index contributed by atoms with van der Waals surface area (Å²) in [4.78, 5) is 19.6. The summed E-state index contributed by atoms with van der Waals surface area (Å²) in [5, 5.41) is 2.96. The van der Waals surface area contributed by atoms with Crippen LogP contribution in [0.4, 0.5) is 5.69 Å². The molecule has 0 aromatic heterocycles. The average molecular weight is 449 g/mol. The summed E-state index contributed by atoms with van der Waals surface area (Å²) in [6.45, 7) is 21.9. The predicted octanol–water partition coefficient (Wildman–Crippen LogP) is 4.84. The minimum atomic E-state index is -0.152. The standard InChI is InChI=1S/C28H40N4O/c1-8-25(10-9-22(2)3)19-23(4)28(33)29-27-13-11-26(12-14-27)21-32-17-15-31(16-18-32)20-24(5)30(6)7/h8-14H,2,4-5,15-21H2,1,3,6-7H3,(H,29,33)/b10-9-,25-8+. The van der Waals surface area contributed by atoms with E-state index in [2.05, 4.69) is 51.9 Å². The normalized spacial score (nSPS) is 15.5. The monoisotopic (exact) mass is 448 g/mol. The first kappa shape index (κ1) is 26.4. The summed E-state index contributed by atoms with van der Waals surface area (Å²) in [5.41, 5.74) is 5.74. The third-order valence-corrected chi connectivity index (χ3v) is 5.81. The quantitative estimate of drug-likeness (QED) is 0.388. The second-order valence-electron chi connectivity index (χ2n) is 8.99. The van der Waals surface area contributed by atoms with Crippen LogP contribution in [0.3, 0.4) is 0 Å². The molecule has 5 heteroatoms. The van der Waals surface area contributed by atoms with Gasteiger partial charge in [-0.25, -0.2) is 0 Å². The fourth-order valence-electron chi connectivity index (χ4n) is 3.51.